The van der Waals surface area contributed by atoms with Crippen LogP contribution in [0.2, 0.25) is 0 Å². The lowest BCUT2D eigenvalue weighted by atomic mass is 10.1. The van der Waals surface area contributed by atoms with Crippen molar-refractivity contribution in [1.29, 1.82) is 0 Å². The van der Waals surface area contributed by atoms with E-state index in [9.17, 15) is 24.5 Å². The van der Waals surface area contributed by atoms with Crippen LogP contribution in [0.25, 0.3) is 11.8 Å². The third kappa shape index (κ3) is 5.03. The van der Waals surface area contributed by atoms with Crippen molar-refractivity contribution < 1.29 is 28.5 Å². The van der Waals surface area contributed by atoms with Crippen molar-refractivity contribution in [1.82, 2.24) is 19.8 Å². The first kappa shape index (κ1) is 25.1. The van der Waals surface area contributed by atoms with Crippen LogP contribution in [0.1, 0.15) is 22.7 Å². The molecule has 0 radical (unpaired) electrons. The van der Waals surface area contributed by atoms with E-state index in [-0.39, 0.29) is 23.7 Å². The zero-order valence-corrected chi connectivity index (χ0v) is 20.8. The van der Waals surface area contributed by atoms with E-state index < -0.39 is 22.8 Å². The highest BCUT2D eigenvalue weighted by molar-refractivity contribution is 6.31. The van der Waals surface area contributed by atoms with E-state index in [4.69, 9.17) is 9.15 Å². The number of urea groups is 1. The largest absolute Gasteiger partial charge is 0.467 e. The Morgan fingerprint density at radius 3 is 2.51 bits per heavy atom. The van der Waals surface area contributed by atoms with Crippen LogP contribution >= 0.6 is 0 Å². The van der Waals surface area contributed by atoms with Crippen LogP contribution < -0.4 is 10.1 Å². The van der Waals surface area contributed by atoms with Crippen LogP contribution in [0, 0.1) is 24.0 Å². The molecule has 1 saturated heterocycles. The summed E-state index contributed by atoms with van der Waals surface area (Å²) < 4.78 is 12.9. The van der Waals surface area contributed by atoms with Gasteiger partial charge in [0, 0.05) is 29.2 Å². The Morgan fingerprint density at radius 2 is 1.87 bits per heavy atom. The Hall–Kier alpha value is -5.52. The first-order valence-electron chi connectivity index (χ1n) is 11.7. The summed E-state index contributed by atoms with van der Waals surface area (Å²) in [5.74, 6) is -0.387. The number of rotatable bonds is 7. The molecule has 1 aliphatic heterocycles. The molecular formula is C27H21N5O7. The molecule has 1 fully saturated rings. The Bertz CT molecular complexity index is 1620. The number of barbiturate groups is 1. The highest BCUT2D eigenvalue weighted by atomic mass is 16.6. The SMILES string of the molecule is Cc1cc(/C=C2\C(=O)NC(=O)N(Cc3ccco3)C2=O)c(C)n1-c1ccc(Oc2ccc([N+](=O)[O-])cn2)cc1. The quantitative estimate of drug-likeness (QED) is 0.160. The van der Waals surface area contributed by atoms with Gasteiger partial charge in [-0.2, -0.15) is 0 Å². The molecule has 5 rings (SSSR count). The number of pyridine rings is 1. The molecule has 3 aromatic heterocycles. The number of hydrogen-bond donors (Lipinski definition) is 1. The second kappa shape index (κ2) is 10.1. The molecule has 0 bridgehead atoms. The van der Waals surface area contributed by atoms with Crippen LogP contribution in [-0.4, -0.2) is 37.2 Å². The number of ether oxygens (including phenoxy) is 1. The zero-order chi connectivity index (χ0) is 27.7. The van der Waals surface area contributed by atoms with E-state index in [1.54, 1.807) is 24.3 Å². The van der Waals surface area contributed by atoms with Gasteiger partial charge in [-0.15, -0.1) is 0 Å². The molecular weight excluding hydrogens is 506 g/mol. The molecule has 0 saturated carbocycles. The number of nitro groups is 1. The fraction of sp³-hybridized carbons (Fsp3) is 0.111. The normalized spacial score (nSPS) is 14.6. The summed E-state index contributed by atoms with van der Waals surface area (Å²) in [5.41, 5.74) is 2.74. The van der Waals surface area contributed by atoms with Gasteiger partial charge in [0.15, 0.2) is 0 Å². The standard InChI is InChI=1S/C27H21N5O7/c1-16-12-18(13-23-25(33)29-27(35)30(26(23)34)15-22-4-3-11-38-22)17(2)31(16)19-5-8-21(9-6-19)39-24-10-7-20(14-28-24)32(36)37/h3-14H,15H2,1-2H3,(H,29,33,35)/b23-13+. The predicted octanol–water partition coefficient (Wildman–Crippen LogP) is 4.44. The Morgan fingerprint density at radius 1 is 1.10 bits per heavy atom. The van der Waals surface area contributed by atoms with Crippen molar-refractivity contribution >= 4 is 29.6 Å². The highest BCUT2D eigenvalue weighted by Gasteiger charge is 2.36. The molecule has 0 aliphatic carbocycles. The van der Waals surface area contributed by atoms with Crippen molar-refractivity contribution in [2.24, 2.45) is 0 Å². The second-order valence-electron chi connectivity index (χ2n) is 8.66. The van der Waals surface area contributed by atoms with Gasteiger partial charge >= 0.3 is 6.03 Å². The maximum absolute atomic E-state index is 13.1. The van der Waals surface area contributed by atoms with Crippen LogP contribution in [0.3, 0.4) is 0 Å². The number of benzene rings is 1. The number of hydrogen-bond acceptors (Lipinski definition) is 8. The fourth-order valence-electron chi connectivity index (χ4n) is 4.21. The average molecular weight is 527 g/mol. The second-order valence-corrected chi connectivity index (χ2v) is 8.66. The van der Waals surface area contributed by atoms with Crippen LogP contribution in [0.4, 0.5) is 10.5 Å². The van der Waals surface area contributed by atoms with Gasteiger partial charge < -0.3 is 13.7 Å². The molecule has 39 heavy (non-hydrogen) atoms. The maximum atomic E-state index is 13.1. The Labute approximate surface area is 221 Å². The Balaban J connectivity index is 1.38. The van der Waals surface area contributed by atoms with E-state index in [2.05, 4.69) is 10.3 Å². The zero-order valence-electron chi connectivity index (χ0n) is 20.8. The van der Waals surface area contributed by atoms with Gasteiger partial charge in [-0.25, -0.2) is 9.78 Å². The summed E-state index contributed by atoms with van der Waals surface area (Å²) in [6, 6.07) is 14.1. The average Bonchev–Trinajstić information content (AvgIpc) is 3.52. The number of amides is 4. The van der Waals surface area contributed by atoms with Crippen LogP contribution in [-0.2, 0) is 16.1 Å². The van der Waals surface area contributed by atoms with E-state index in [1.165, 1.54) is 24.5 Å². The first-order valence-corrected chi connectivity index (χ1v) is 11.7. The minimum atomic E-state index is -0.810. The lowest BCUT2D eigenvalue weighted by Crippen LogP contribution is -2.53. The van der Waals surface area contributed by atoms with Crippen LogP contribution in [0.15, 0.2) is 77.0 Å². The minimum Gasteiger partial charge on any atom is -0.467 e. The number of carbonyl (C=O) groups excluding carboxylic acids is 3. The molecule has 4 aromatic rings. The number of nitrogens with one attached hydrogen (secondary N) is 1. The third-order valence-electron chi connectivity index (χ3n) is 6.10. The molecule has 196 valence electrons. The molecule has 0 atom stereocenters. The molecule has 1 aromatic carbocycles. The molecule has 1 N–H and O–H groups in total. The third-order valence-corrected chi connectivity index (χ3v) is 6.10. The smallest absolute Gasteiger partial charge is 0.331 e. The number of imide groups is 2. The lowest BCUT2D eigenvalue weighted by molar-refractivity contribution is -0.385. The number of nitrogens with zero attached hydrogens (tertiary/aromatic N) is 4. The maximum Gasteiger partial charge on any atom is 0.331 e. The van der Waals surface area contributed by atoms with Gasteiger partial charge in [0.1, 0.15) is 23.3 Å². The van der Waals surface area contributed by atoms with Crippen molar-refractivity contribution in [3.63, 3.8) is 0 Å². The minimum absolute atomic E-state index is 0.106. The van der Waals surface area contributed by atoms with Gasteiger partial charge in [-0.1, -0.05) is 0 Å². The Kier molecular flexibility index (Phi) is 6.51. The van der Waals surface area contributed by atoms with Gasteiger partial charge in [-0.3, -0.25) is 29.9 Å². The lowest BCUT2D eigenvalue weighted by Gasteiger charge is -2.25. The van der Waals surface area contributed by atoms with Gasteiger partial charge in [0.25, 0.3) is 17.5 Å². The fourth-order valence-corrected chi connectivity index (χ4v) is 4.21. The topological polar surface area (TPSA) is 150 Å². The van der Waals surface area contributed by atoms with E-state index >= 15 is 0 Å². The summed E-state index contributed by atoms with van der Waals surface area (Å²) in [7, 11) is 0. The summed E-state index contributed by atoms with van der Waals surface area (Å²) in [4.78, 5) is 53.0. The number of furan rings is 1. The predicted molar refractivity (Wildman–Crippen MR) is 137 cm³/mol. The first-order chi connectivity index (χ1) is 18.7. The van der Waals surface area contributed by atoms with Crippen molar-refractivity contribution in [3.05, 3.63) is 105 Å². The number of carbonyl (C=O) groups is 3. The van der Waals surface area contributed by atoms with E-state index in [0.717, 1.165) is 28.2 Å². The van der Waals surface area contributed by atoms with Crippen molar-refractivity contribution in [3.8, 4) is 17.3 Å². The molecule has 12 heteroatoms. The molecule has 12 nitrogen and oxygen atoms in total. The van der Waals surface area contributed by atoms with Crippen LogP contribution in [0.5, 0.6) is 11.6 Å². The number of aromatic nitrogens is 2. The van der Waals surface area contributed by atoms with Gasteiger partial charge in [0.2, 0.25) is 5.88 Å². The monoisotopic (exact) mass is 527 g/mol. The van der Waals surface area contributed by atoms with E-state index in [1.807, 2.05) is 36.6 Å². The van der Waals surface area contributed by atoms with Gasteiger partial charge in [-0.05, 0) is 68.0 Å². The van der Waals surface area contributed by atoms with E-state index in [0.29, 0.717) is 17.1 Å². The summed E-state index contributed by atoms with van der Waals surface area (Å²) >= 11 is 0. The van der Waals surface area contributed by atoms with Crippen molar-refractivity contribution in [2.75, 3.05) is 0 Å². The molecule has 0 unspecified atom stereocenters. The molecule has 1 aliphatic rings. The molecule has 4 heterocycles. The summed E-state index contributed by atoms with van der Waals surface area (Å²) in [6.07, 6.45) is 4.02. The summed E-state index contributed by atoms with van der Waals surface area (Å²) in [6.45, 7) is 3.63. The highest BCUT2D eigenvalue weighted by Crippen LogP contribution is 2.27. The molecule has 4 amide bonds. The molecule has 0 spiro atoms. The summed E-state index contributed by atoms with van der Waals surface area (Å²) in [5, 5.41) is 13.0. The van der Waals surface area contributed by atoms with Gasteiger partial charge in [0.05, 0.1) is 17.7 Å². The van der Waals surface area contributed by atoms with Crippen molar-refractivity contribution in [2.45, 2.75) is 20.4 Å². The number of aryl methyl sites for hydroxylation is 1.